The zero-order valence-electron chi connectivity index (χ0n) is 12.0. The molecular weight excluding hydrogens is 264 g/mol. The van der Waals surface area contributed by atoms with E-state index in [0.717, 1.165) is 32.0 Å². The Balaban J connectivity index is 0.00000180. The number of carbonyl (C=O) groups is 1. The van der Waals surface area contributed by atoms with Gasteiger partial charge in [0.05, 0.1) is 12.6 Å². The lowest BCUT2D eigenvalue weighted by atomic mass is 9.93. The smallest absolute Gasteiger partial charge is 0.233 e. The summed E-state index contributed by atoms with van der Waals surface area (Å²) in [5.41, 5.74) is 0. The molecule has 2 rings (SSSR count). The van der Waals surface area contributed by atoms with Crippen LogP contribution in [0.4, 0.5) is 0 Å². The Morgan fingerprint density at radius 2 is 2.00 bits per heavy atom. The summed E-state index contributed by atoms with van der Waals surface area (Å²) in [4.78, 5) is 11.7. The minimum Gasteiger partial charge on any atom is -0.378 e. The fourth-order valence-electron chi connectivity index (χ4n) is 2.63. The summed E-state index contributed by atoms with van der Waals surface area (Å²) in [7, 11) is 0. The lowest BCUT2D eigenvalue weighted by Gasteiger charge is -2.22. The number of carbonyl (C=O) groups excluding carboxylic acids is 1. The molecule has 1 saturated carbocycles. The summed E-state index contributed by atoms with van der Waals surface area (Å²) in [6.45, 7) is 7.41. The molecule has 5 heteroatoms. The number of halogens is 1. The molecule has 1 heterocycles. The highest BCUT2D eigenvalue weighted by molar-refractivity contribution is 5.85. The third-order valence-electron chi connectivity index (χ3n) is 3.90. The van der Waals surface area contributed by atoms with Crippen LogP contribution >= 0.6 is 12.4 Å². The number of hydrogen-bond donors (Lipinski definition) is 2. The topological polar surface area (TPSA) is 50.4 Å². The Kier molecular flexibility index (Phi) is 7.11. The van der Waals surface area contributed by atoms with Gasteiger partial charge in [0.15, 0.2) is 0 Å². The van der Waals surface area contributed by atoms with Crippen molar-refractivity contribution in [1.82, 2.24) is 10.6 Å². The van der Waals surface area contributed by atoms with E-state index in [4.69, 9.17) is 4.74 Å². The molecule has 19 heavy (non-hydrogen) atoms. The van der Waals surface area contributed by atoms with E-state index in [-0.39, 0.29) is 18.3 Å². The lowest BCUT2D eigenvalue weighted by molar-refractivity contribution is -0.120. The van der Waals surface area contributed by atoms with Gasteiger partial charge in [-0.1, -0.05) is 13.8 Å². The van der Waals surface area contributed by atoms with Crippen molar-refractivity contribution in [2.45, 2.75) is 39.2 Å². The molecule has 0 radical (unpaired) electrons. The first-order valence-corrected chi connectivity index (χ1v) is 7.26. The van der Waals surface area contributed by atoms with E-state index < -0.39 is 0 Å². The highest BCUT2D eigenvalue weighted by Crippen LogP contribution is 2.27. The van der Waals surface area contributed by atoms with Gasteiger partial charge in [-0.15, -0.1) is 12.4 Å². The normalized spacial score (nSPS) is 26.3. The second kappa shape index (κ2) is 8.08. The van der Waals surface area contributed by atoms with Crippen LogP contribution in [0.1, 0.15) is 33.1 Å². The molecule has 0 aromatic heterocycles. The third-order valence-corrected chi connectivity index (χ3v) is 3.90. The number of hydrogen-bond acceptors (Lipinski definition) is 3. The highest BCUT2D eigenvalue weighted by atomic mass is 35.5. The molecule has 1 aliphatic carbocycles. The van der Waals surface area contributed by atoms with E-state index in [1.807, 2.05) is 0 Å². The fourth-order valence-corrected chi connectivity index (χ4v) is 2.63. The number of rotatable bonds is 7. The molecule has 112 valence electrons. The second-order valence-electron chi connectivity index (χ2n) is 6.01. The predicted molar refractivity (Wildman–Crippen MR) is 78.5 cm³/mol. The van der Waals surface area contributed by atoms with Gasteiger partial charge in [0.1, 0.15) is 0 Å². The third kappa shape index (κ3) is 5.67. The van der Waals surface area contributed by atoms with Gasteiger partial charge in [-0.3, -0.25) is 4.79 Å². The maximum absolute atomic E-state index is 11.7. The van der Waals surface area contributed by atoms with Crippen LogP contribution in [0.15, 0.2) is 0 Å². The SMILES string of the molecule is CC(C)C1OCCC1CNC(=O)CNCC1CC1.Cl. The summed E-state index contributed by atoms with van der Waals surface area (Å²) in [5.74, 6) is 1.95. The highest BCUT2D eigenvalue weighted by Gasteiger charge is 2.30. The monoisotopic (exact) mass is 290 g/mol. The molecule has 2 fully saturated rings. The Hall–Kier alpha value is -0.320. The molecule has 2 N–H and O–H groups in total. The van der Waals surface area contributed by atoms with Crippen molar-refractivity contribution in [1.29, 1.82) is 0 Å². The van der Waals surface area contributed by atoms with Crippen LogP contribution in [0.25, 0.3) is 0 Å². The molecule has 4 nitrogen and oxygen atoms in total. The van der Waals surface area contributed by atoms with E-state index >= 15 is 0 Å². The summed E-state index contributed by atoms with van der Waals surface area (Å²) in [5, 5.41) is 6.24. The first-order valence-electron chi connectivity index (χ1n) is 7.26. The predicted octanol–water partition coefficient (Wildman–Crippen LogP) is 1.59. The van der Waals surface area contributed by atoms with Crippen LogP contribution in [0.3, 0.4) is 0 Å². The minimum absolute atomic E-state index is 0. The molecule has 0 spiro atoms. The maximum Gasteiger partial charge on any atom is 0.233 e. The van der Waals surface area contributed by atoms with Crippen molar-refractivity contribution in [2.24, 2.45) is 17.8 Å². The summed E-state index contributed by atoms with van der Waals surface area (Å²) >= 11 is 0. The zero-order chi connectivity index (χ0) is 13.0. The standard InChI is InChI=1S/C14H26N2O2.ClH/c1-10(2)14-12(5-6-18-14)8-16-13(17)9-15-7-11-3-4-11;/h10-12,14-15H,3-9H2,1-2H3,(H,16,17);1H. The van der Waals surface area contributed by atoms with E-state index in [1.165, 1.54) is 12.8 Å². The maximum atomic E-state index is 11.7. The van der Waals surface area contributed by atoms with Crippen LogP contribution < -0.4 is 10.6 Å². The van der Waals surface area contributed by atoms with Gasteiger partial charge in [-0.05, 0) is 37.6 Å². The average molecular weight is 291 g/mol. The molecular formula is C14H27ClN2O2. The van der Waals surface area contributed by atoms with Gasteiger partial charge in [-0.25, -0.2) is 0 Å². The van der Waals surface area contributed by atoms with E-state index in [9.17, 15) is 4.79 Å². The molecule has 0 aromatic carbocycles. The molecule has 1 amide bonds. The Bertz CT molecular complexity index is 283. The second-order valence-corrected chi connectivity index (χ2v) is 6.01. The van der Waals surface area contributed by atoms with Gasteiger partial charge < -0.3 is 15.4 Å². The van der Waals surface area contributed by atoms with Crippen molar-refractivity contribution < 1.29 is 9.53 Å². The van der Waals surface area contributed by atoms with Crippen molar-refractivity contribution >= 4 is 18.3 Å². The Morgan fingerprint density at radius 3 is 2.63 bits per heavy atom. The average Bonchev–Trinajstić information content (AvgIpc) is 3.02. The largest absolute Gasteiger partial charge is 0.378 e. The molecule has 1 saturated heterocycles. The zero-order valence-corrected chi connectivity index (χ0v) is 12.8. The van der Waals surface area contributed by atoms with Crippen LogP contribution in [0.2, 0.25) is 0 Å². The number of nitrogens with one attached hydrogen (secondary N) is 2. The first-order chi connectivity index (χ1) is 8.66. The van der Waals surface area contributed by atoms with Gasteiger partial charge in [0.25, 0.3) is 0 Å². The van der Waals surface area contributed by atoms with E-state index in [1.54, 1.807) is 0 Å². The lowest BCUT2D eigenvalue weighted by Crippen LogP contribution is -2.39. The minimum atomic E-state index is 0. The fraction of sp³-hybridized carbons (Fsp3) is 0.929. The van der Waals surface area contributed by atoms with Crippen LogP contribution in [-0.4, -0.2) is 38.3 Å². The van der Waals surface area contributed by atoms with Gasteiger partial charge in [0, 0.05) is 19.1 Å². The Labute approximate surface area is 122 Å². The molecule has 2 atom stereocenters. The van der Waals surface area contributed by atoms with Crippen molar-refractivity contribution in [3.8, 4) is 0 Å². The Morgan fingerprint density at radius 1 is 1.26 bits per heavy atom. The van der Waals surface area contributed by atoms with Gasteiger partial charge in [0.2, 0.25) is 5.91 Å². The van der Waals surface area contributed by atoms with E-state index in [0.29, 0.717) is 24.5 Å². The van der Waals surface area contributed by atoms with Gasteiger partial charge in [-0.2, -0.15) is 0 Å². The molecule has 0 bridgehead atoms. The summed E-state index contributed by atoms with van der Waals surface area (Å²) < 4.78 is 5.71. The van der Waals surface area contributed by atoms with Crippen LogP contribution in [0, 0.1) is 17.8 Å². The van der Waals surface area contributed by atoms with Crippen LogP contribution in [-0.2, 0) is 9.53 Å². The number of amides is 1. The molecule has 2 unspecified atom stereocenters. The molecule has 2 aliphatic rings. The summed E-state index contributed by atoms with van der Waals surface area (Å²) in [6.07, 6.45) is 4.03. The van der Waals surface area contributed by atoms with Crippen LogP contribution in [0.5, 0.6) is 0 Å². The molecule has 0 aromatic rings. The number of ether oxygens (including phenoxy) is 1. The van der Waals surface area contributed by atoms with Crippen molar-refractivity contribution in [2.75, 3.05) is 26.2 Å². The first kappa shape index (κ1) is 16.7. The van der Waals surface area contributed by atoms with E-state index in [2.05, 4.69) is 24.5 Å². The molecule has 1 aliphatic heterocycles. The summed E-state index contributed by atoms with van der Waals surface area (Å²) in [6, 6.07) is 0. The van der Waals surface area contributed by atoms with Gasteiger partial charge >= 0.3 is 0 Å². The van der Waals surface area contributed by atoms with Crippen molar-refractivity contribution in [3.05, 3.63) is 0 Å². The van der Waals surface area contributed by atoms with Crippen molar-refractivity contribution in [3.63, 3.8) is 0 Å². The quantitative estimate of drug-likeness (QED) is 0.749.